The SMILES string of the molecule is CC(C)[n+]1ccccc1.CC(C)[n+]1ccccc1.O=[PH]([O-])OC(Cl)(Cl)O[PH](=O)[O-]. The molecule has 0 aromatic carbocycles. The summed E-state index contributed by atoms with van der Waals surface area (Å²) in [6, 6.07) is 13.4. The highest BCUT2D eigenvalue weighted by atomic mass is 35.5. The largest absolute Gasteiger partial charge is 0.781 e. The number of nitrogens with zero attached hydrogens (tertiary/aromatic N) is 2. The Kier molecular flexibility index (Phi) is 14.6. The molecule has 0 aliphatic carbocycles. The molecule has 2 heterocycles. The van der Waals surface area contributed by atoms with E-state index in [1.165, 1.54) is 0 Å². The van der Waals surface area contributed by atoms with Gasteiger partial charge in [0.2, 0.25) is 0 Å². The summed E-state index contributed by atoms with van der Waals surface area (Å²) in [5.74, 6) is 0. The van der Waals surface area contributed by atoms with Gasteiger partial charge in [-0.3, -0.25) is 9.05 Å². The minimum absolute atomic E-state index is 0.575. The van der Waals surface area contributed by atoms with Crippen molar-refractivity contribution in [3.8, 4) is 0 Å². The van der Waals surface area contributed by atoms with E-state index in [4.69, 9.17) is 23.2 Å². The summed E-state index contributed by atoms with van der Waals surface area (Å²) in [6.07, 6.45) is 8.30. The van der Waals surface area contributed by atoms with E-state index < -0.39 is 21.2 Å². The van der Waals surface area contributed by atoms with E-state index in [0.717, 1.165) is 0 Å². The molecule has 2 aromatic rings. The van der Waals surface area contributed by atoms with Gasteiger partial charge in [0, 0.05) is 24.3 Å². The third kappa shape index (κ3) is 15.7. The summed E-state index contributed by atoms with van der Waals surface area (Å²) in [5, 5.41) is 0. The summed E-state index contributed by atoms with van der Waals surface area (Å²) in [5.41, 5.74) is 0. The first-order chi connectivity index (χ1) is 13.4. The van der Waals surface area contributed by atoms with Crippen LogP contribution < -0.4 is 18.9 Å². The van der Waals surface area contributed by atoms with Crippen molar-refractivity contribution in [3.63, 3.8) is 0 Å². The van der Waals surface area contributed by atoms with E-state index >= 15 is 0 Å². The van der Waals surface area contributed by atoms with Crippen LogP contribution in [0.3, 0.4) is 0 Å². The standard InChI is InChI=1S/2C8H12N.CH4Cl2O6P2/c2*1-8(2)9-6-4-3-5-7-9;2-1(3,8-10(4)5)9-11(6)7/h2*3-8H,1-2H3;10-11H,(H,4,5)(H,6,7)/q2*+1;/p-2. The fourth-order valence-electron chi connectivity index (χ4n) is 1.73. The van der Waals surface area contributed by atoms with Crippen LogP contribution in [0.25, 0.3) is 0 Å². The topological polar surface area (TPSA) is 106 Å². The lowest BCUT2D eigenvalue weighted by Crippen LogP contribution is -2.34. The van der Waals surface area contributed by atoms with Gasteiger partial charge < -0.3 is 18.9 Å². The average Bonchev–Trinajstić information content (AvgIpc) is 2.62. The molecule has 2 aromatic heterocycles. The quantitative estimate of drug-likeness (QED) is 0.269. The van der Waals surface area contributed by atoms with Crippen molar-refractivity contribution in [2.75, 3.05) is 0 Å². The summed E-state index contributed by atoms with van der Waals surface area (Å²) in [7, 11) is -7.37. The molecule has 0 spiro atoms. The van der Waals surface area contributed by atoms with Crippen LogP contribution in [0.5, 0.6) is 0 Å². The predicted molar refractivity (Wildman–Crippen MR) is 109 cm³/mol. The maximum Gasteiger partial charge on any atom is 0.340 e. The molecule has 0 amide bonds. The number of hydrogen-bond donors (Lipinski definition) is 0. The van der Waals surface area contributed by atoms with Crippen LogP contribution in [0.15, 0.2) is 61.2 Å². The molecule has 0 saturated heterocycles. The molecule has 0 fully saturated rings. The minimum Gasteiger partial charge on any atom is -0.781 e. The molecule has 0 aliphatic heterocycles. The lowest BCUT2D eigenvalue weighted by Gasteiger charge is -2.22. The molecule has 2 rings (SSSR count). The number of halogens is 2. The third-order valence-corrected chi connectivity index (χ3v) is 4.81. The van der Waals surface area contributed by atoms with E-state index in [-0.39, 0.29) is 0 Å². The molecular weight excluding hydrogens is 461 g/mol. The van der Waals surface area contributed by atoms with Gasteiger partial charge in [-0.15, -0.1) is 0 Å². The number of hydrogen-bond acceptors (Lipinski definition) is 6. The molecule has 2 atom stereocenters. The Bertz CT molecular complexity index is 676. The van der Waals surface area contributed by atoms with Crippen molar-refractivity contribution in [1.29, 1.82) is 0 Å². The Morgan fingerprint density at radius 1 is 0.724 bits per heavy atom. The molecular formula is C17H26Cl2N2O6P2. The van der Waals surface area contributed by atoms with Gasteiger partial charge in [-0.2, -0.15) is 0 Å². The number of rotatable bonds is 6. The van der Waals surface area contributed by atoms with Gasteiger partial charge in [0.1, 0.15) is 16.5 Å². The van der Waals surface area contributed by atoms with Crippen LogP contribution in [0.2, 0.25) is 0 Å². The molecule has 164 valence electrons. The van der Waals surface area contributed by atoms with Crippen LogP contribution in [-0.4, -0.2) is 4.71 Å². The fourth-order valence-corrected chi connectivity index (χ4v) is 3.04. The molecule has 12 heteroatoms. The van der Waals surface area contributed by atoms with Crippen molar-refractivity contribution < 1.29 is 37.1 Å². The van der Waals surface area contributed by atoms with E-state index in [1.54, 1.807) is 0 Å². The van der Waals surface area contributed by atoms with Crippen molar-refractivity contribution in [1.82, 2.24) is 0 Å². The Hall–Kier alpha value is -0.820. The summed E-state index contributed by atoms with van der Waals surface area (Å²) < 4.78 is 28.6. The van der Waals surface area contributed by atoms with E-state index in [9.17, 15) is 18.9 Å². The molecule has 2 unspecified atom stereocenters. The van der Waals surface area contributed by atoms with Crippen LogP contribution in [0.4, 0.5) is 0 Å². The average molecular weight is 487 g/mol. The smallest absolute Gasteiger partial charge is 0.340 e. The lowest BCUT2D eigenvalue weighted by molar-refractivity contribution is -0.716. The first kappa shape index (κ1) is 28.2. The molecule has 0 N–H and O–H groups in total. The Labute approximate surface area is 182 Å². The molecule has 0 bridgehead atoms. The second-order valence-corrected chi connectivity index (χ2v) is 8.60. The number of pyridine rings is 2. The lowest BCUT2D eigenvalue weighted by atomic mass is 10.3. The monoisotopic (exact) mass is 486 g/mol. The van der Waals surface area contributed by atoms with Crippen molar-refractivity contribution in [3.05, 3.63) is 61.2 Å². The van der Waals surface area contributed by atoms with Gasteiger partial charge in [0.25, 0.3) is 0 Å². The van der Waals surface area contributed by atoms with Gasteiger partial charge in [-0.1, -0.05) is 12.1 Å². The minimum atomic E-state index is -3.69. The molecule has 0 aliphatic rings. The van der Waals surface area contributed by atoms with Crippen molar-refractivity contribution >= 4 is 39.7 Å². The van der Waals surface area contributed by atoms with E-state index in [2.05, 4.69) is 70.7 Å². The molecule has 0 radical (unpaired) electrons. The Morgan fingerprint density at radius 3 is 1.17 bits per heavy atom. The predicted octanol–water partition coefficient (Wildman–Crippen LogP) is 2.72. The number of aromatic nitrogens is 2. The summed E-state index contributed by atoms with van der Waals surface area (Å²) in [6.45, 7) is 8.67. The summed E-state index contributed by atoms with van der Waals surface area (Å²) in [4.78, 5) is 19.6. The van der Waals surface area contributed by atoms with Crippen molar-refractivity contribution in [2.45, 2.75) is 44.5 Å². The van der Waals surface area contributed by atoms with Crippen molar-refractivity contribution in [2.24, 2.45) is 0 Å². The van der Waals surface area contributed by atoms with E-state index in [0.29, 0.717) is 12.1 Å². The highest BCUT2D eigenvalue weighted by Crippen LogP contribution is 2.37. The zero-order chi connectivity index (χ0) is 22.4. The molecule has 29 heavy (non-hydrogen) atoms. The van der Waals surface area contributed by atoms with Crippen LogP contribution in [-0.2, 0) is 18.2 Å². The van der Waals surface area contributed by atoms with Gasteiger partial charge in [-0.05, 0) is 50.9 Å². The maximum absolute atomic E-state index is 9.81. The second-order valence-electron chi connectivity index (χ2n) is 6.00. The van der Waals surface area contributed by atoms with Gasteiger partial charge in [0.15, 0.2) is 36.9 Å². The van der Waals surface area contributed by atoms with Crippen LogP contribution in [0, 0.1) is 0 Å². The zero-order valence-corrected chi connectivity index (χ0v) is 20.0. The first-order valence-corrected chi connectivity index (χ1v) is 11.7. The van der Waals surface area contributed by atoms with Crippen LogP contribution >= 0.6 is 39.7 Å². The van der Waals surface area contributed by atoms with E-state index in [1.807, 2.05) is 36.4 Å². The normalized spacial score (nSPS) is 13.0. The maximum atomic E-state index is 9.81. The zero-order valence-electron chi connectivity index (χ0n) is 16.5. The Morgan fingerprint density at radius 2 is 1.00 bits per heavy atom. The second kappa shape index (κ2) is 15.1. The van der Waals surface area contributed by atoms with Gasteiger partial charge >= 0.3 is 4.71 Å². The highest BCUT2D eigenvalue weighted by molar-refractivity contribution is 7.31. The first-order valence-electron chi connectivity index (χ1n) is 8.54. The van der Waals surface area contributed by atoms with Crippen LogP contribution in [0.1, 0.15) is 39.8 Å². The fraction of sp³-hybridized carbons (Fsp3) is 0.412. The molecule has 8 nitrogen and oxygen atoms in total. The van der Waals surface area contributed by atoms with Gasteiger partial charge in [0.05, 0.1) is 0 Å². The Balaban J connectivity index is 0.000000408. The number of alkyl halides is 2. The third-order valence-electron chi connectivity index (χ3n) is 3.07. The highest BCUT2D eigenvalue weighted by Gasteiger charge is 2.26. The molecule has 0 saturated carbocycles. The summed E-state index contributed by atoms with van der Waals surface area (Å²) >= 11 is 9.80. The van der Waals surface area contributed by atoms with Gasteiger partial charge in [-0.25, -0.2) is 9.13 Å².